The van der Waals surface area contributed by atoms with Gasteiger partial charge in [0.05, 0.1) is 5.75 Å². The van der Waals surface area contributed by atoms with Crippen LogP contribution in [0.4, 0.5) is 0 Å². The highest BCUT2D eigenvalue weighted by Gasteiger charge is 2.17. The molecule has 1 amide bonds. The Morgan fingerprint density at radius 2 is 1.76 bits per heavy atom. The van der Waals surface area contributed by atoms with Gasteiger partial charge in [0.1, 0.15) is 0 Å². The predicted molar refractivity (Wildman–Crippen MR) is 106 cm³/mol. The molecule has 1 aromatic carbocycles. The number of nitrogens with one attached hydrogen (secondary N) is 1. The highest BCUT2D eigenvalue weighted by Crippen LogP contribution is 2.21. The molecule has 0 bridgehead atoms. The van der Waals surface area contributed by atoms with E-state index in [0.29, 0.717) is 28.6 Å². The van der Waals surface area contributed by atoms with Gasteiger partial charge in [-0.05, 0) is 24.0 Å². The van der Waals surface area contributed by atoms with Gasteiger partial charge in [-0.15, -0.1) is 5.10 Å². The lowest BCUT2D eigenvalue weighted by molar-refractivity contribution is -0.129. The maximum atomic E-state index is 12.5. The van der Waals surface area contributed by atoms with Crippen molar-refractivity contribution in [1.29, 1.82) is 0 Å². The Labute approximate surface area is 162 Å². The third-order valence-corrected chi connectivity index (χ3v) is 4.79. The van der Waals surface area contributed by atoms with E-state index in [1.807, 2.05) is 29.2 Å². The van der Waals surface area contributed by atoms with Gasteiger partial charge in [0.2, 0.25) is 11.1 Å². The van der Waals surface area contributed by atoms with Crippen molar-refractivity contribution in [1.82, 2.24) is 20.1 Å². The molecule has 0 radical (unpaired) electrons. The molecule has 2 aromatic rings. The average Bonchev–Trinajstić information content (AvgIpc) is 3.00. The zero-order valence-corrected chi connectivity index (χ0v) is 17.5. The molecule has 0 spiro atoms. The summed E-state index contributed by atoms with van der Waals surface area (Å²) in [5.41, 5.74) is 0.968. The average molecular weight is 425 g/mol. The first-order chi connectivity index (χ1) is 11.8. The van der Waals surface area contributed by atoms with Crippen molar-refractivity contribution in [2.24, 2.45) is 11.8 Å². The van der Waals surface area contributed by atoms with Crippen LogP contribution in [-0.4, -0.2) is 44.8 Å². The summed E-state index contributed by atoms with van der Waals surface area (Å²) in [7, 11) is 0. The van der Waals surface area contributed by atoms with E-state index in [0.717, 1.165) is 23.1 Å². The van der Waals surface area contributed by atoms with Gasteiger partial charge in [0, 0.05) is 23.1 Å². The number of nitrogens with zero attached hydrogens (tertiary/aromatic N) is 3. The van der Waals surface area contributed by atoms with Crippen molar-refractivity contribution in [2.45, 2.75) is 32.9 Å². The van der Waals surface area contributed by atoms with Crippen LogP contribution >= 0.6 is 27.7 Å². The lowest BCUT2D eigenvalue weighted by Gasteiger charge is -2.26. The van der Waals surface area contributed by atoms with Crippen molar-refractivity contribution in [3.63, 3.8) is 0 Å². The number of hydrogen-bond acceptors (Lipinski definition) is 4. The summed E-state index contributed by atoms with van der Waals surface area (Å²) in [6.45, 7) is 10.1. The third kappa shape index (κ3) is 6.47. The quantitative estimate of drug-likeness (QED) is 0.634. The number of benzene rings is 1. The second-order valence-corrected chi connectivity index (χ2v) is 8.71. The van der Waals surface area contributed by atoms with E-state index in [1.165, 1.54) is 11.8 Å². The number of H-pyrrole nitrogens is 1. The summed E-state index contributed by atoms with van der Waals surface area (Å²) >= 11 is 4.79. The summed E-state index contributed by atoms with van der Waals surface area (Å²) in [6.07, 6.45) is 0. The third-order valence-electron chi connectivity index (χ3n) is 3.43. The van der Waals surface area contributed by atoms with Crippen LogP contribution in [0.2, 0.25) is 0 Å². The maximum absolute atomic E-state index is 12.5. The van der Waals surface area contributed by atoms with Gasteiger partial charge in [-0.25, -0.2) is 4.98 Å². The lowest BCUT2D eigenvalue weighted by atomic mass is 10.1. The Bertz CT molecular complexity index is 675. The van der Waals surface area contributed by atoms with E-state index in [4.69, 9.17) is 0 Å². The van der Waals surface area contributed by atoms with E-state index in [2.05, 4.69) is 58.8 Å². The molecule has 1 aromatic heterocycles. The SMILES string of the molecule is CC(C)CN(CC(C)C)C(=O)CSc1n[nH]c(-c2ccc(Br)cc2)n1. The molecular formula is C18H25BrN4OS. The van der Waals surface area contributed by atoms with Crippen LogP contribution in [0, 0.1) is 11.8 Å². The van der Waals surface area contributed by atoms with Crippen molar-refractivity contribution in [3.05, 3.63) is 28.7 Å². The minimum absolute atomic E-state index is 0.141. The van der Waals surface area contributed by atoms with Crippen LogP contribution in [0.3, 0.4) is 0 Å². The lowest BCUT2D eigenvalue weighted by Crippen LogP contribution is -2.38. The summed E-state index contributed by atoms with van der Waals surface area (Å²) in [4.78, 5) is 19.0. The standard InChI is InChI=1S/C18H25BrN4OS/c1-12(2)9-23(10-13(3)4)16(24)11-25-18-20-17(21-22-18)14-5-7-15(19)8-6-14/h5-8,12-13H,9-11H2,1-4H3,(H,20,21,22). The zero-order valence-electron chi connectivity index (χ0n) is 15.1. The first kappa shape index (κ1) is 20.0. The second kappa shape index (κ2) is 9.38. The molecule has 0 saturated heterocycles. The number of amides is 1. The van der Waals surface area contributed by atoms with Crippen LogP contribution in [0.15, 0.2) is 33.9 Å². The van der Waals surface area contributed by atoms with Crippen LogP contribution in [0.25, 0.3) is 11.4 Å². The topological polar surface area (TPSA) is 61.9 Å². The highest BCUT2D eigenvalue weighted by molar-refractivity contribution is 9.10. The number of hydrogen-bond donors (Lipinski definition) is 1. The Balaban J connectivity index is 1.95. The summed E-state index contributed by atoms with van der Waals surface area (Å²) in [5.74, 6) is 2.13. The maximum Gasteiger partial charge on any atom is 0.233 e. The molecule has 0 saturated carbocycles. The number of halogens is 1. The van der Waals surface area contributed by atoms with Crippen LogP contribution in [0.5, 0.6) is 0 Å². The number of rotatable bonds is 8. The number of carbonyl (C=O) groups excluding carboxylic acids is 1. The summed E-state index contributed by atoms with van der Waals surface area (Å²) < 4.78 is 1.02. The molecular weight excluding hydrogens is 400 g/mol. The number of thioether (sulfide) groups is 1. The zero-order chi connectivity index (χ0) is 18.4. The molecule has 5 nitrogen and oxygen atoms in total. The van der Waals surface area contributed by atoms with Crippen molar-refractivity contribution < 1.29 is 4.79 Å². The molecule has 7 heteroatoms. The molecule has 0 aliphatic carbocycles. The first-order valence-corrected chi connectivity index (χ1v) is 10.2. The van der Waals surface area contributed by atoms with Gasteiger partial charge in [-0.1, -0.05) is 67.5 Å². The first-order valence-electron chi connectivity index (χ1n) is 8.44. The largest absolute Gasteiger partial charge is 0.341 e. The monoisotopic (exact) mass is 424 g/mol. The Morgan fingerprint density at radius 1 is 1.16 bits per heavy atom. The number of carbonyl (C=O) groups is 1. The molecule has 2 rings (SSSR count). The van der Waals surface area contributed by atoms with Gasteiger partial charge >= 0.3 is 0 Å². The van der Waals surface area contributed by atoms with Gasteiger partial charge in [0.15, 0.2) is 5.82 Å². The van der Waals surface area contributed by atoms with Crippen molar-refractivity contribution in [3.8, 4) is 11.4 Å². The Hall–Kier alpha value is -1.34. The van der Waals surface area contributed by atoms with Gasteiger partial charge in [-0.3, -0.25) is 9.89 Å². The van der Waals surface area contributed by atoms with Crippen LogP contribution in [0.1, 0.15) is 27.7 Å². The highest BCUT2D eigenvalue weighted by atomic mass is 79.9. The molecule has 0 aliphatic heterocycles. The molecule has 1 N–H and O–H groups in total. The Morgan fingerprint density at radius 3 is 2.32 bits per heavy atom. The molecule has 0 atom stereocenters. The van der Waals surface area contributed by atoms with Gasteiger partial charge < -0.3 is 4.90 Å². The fourth-order valence-corrected chi connectivity index (χ4v) is 3.39. The predicted octanol–water partition coefficient (Wildman–Crippen LogP) is 4.47. The van der Waals surface area contributed by atoms with Gasteiger partial charge in [-0.2, -0.15) is 0 Å². The number of aromatic amines is 1. The second-order valence-electron chi connectivity index (χ2n) is 6.85. The van der Waals surface area contributed by atoms with E-state index in [1.54, 1.807) is 0 Å². The minimum Gasteiger partial charge on any atom is -0.341 e. The van der Waals surface area contributed by atoms with Crippen LogP contribution < -0.4 is 0 Å². The Kier molecular flexibility index (Phi) is 7.50. The molecule has 1 heterocycles. The summed E-state index contributed by atoms with van der Waals surface area (Å²) in [6, 6.07) is 7.86. The molecule has 25 heavy (non-hydrogen) atoms. The van der Waals surface area contributed by atoms with E-state index < -0.39 is 0 Å². The van der Waals surface area contributed by atoms with E-state index >= 15 is 0 Å². The normalized spacial score (nSPS) is 11.3. The minimum atomic E-state index is 0.141. The van der Waals surface area contributed by atoms with Crippen LogP contribution in [-0.2, 0) is 4.79 Å². The van der Waals surface area contributed by atoms with Crippen molar-refractivity contribution in [2.75, 3.05) is 18.8 Å². The molecule has 0 unspecified atom stereocenters. The smallest absolute Gasteiger partial charge is 0.233 e. The summed E-state index contributed by atoms with van der Waals surface area (Å²) in [5, 5.41) is 7.75. The molecule has 0 fully saturated rings. The van der Waals surface area contributed by atoms with Crippen molar-refractivity contribution >= 4 is 33.6 Å². The fourth-order valence-electron chi connectivity index (χ4n) is 2.43. The van der Waals surface area contributed by atoms with Gasteiger partial charge in [0.25, 0.3) is 0 Å². The molecule has 0 aliphatic rings. The molecule has 136 valence electrons. The van der Waals surface area contributed by atoms with E-state index in [-0.39, 0.29) is 5.91 Å². The number of aromatic nitrogens is 3. The van der Waals surface area contributed by atoms with E-state index in [9.17, 15) is 4.79 Å². The fraction of sp³-hybridized carbons (Fsp3) is 0.500.